The van der Waals surface area contributed by atoms with Crippen LogP contribution in [0.15, 0.2) is 0 Å². The molecule has 2 N–H and O–H groups in total. The molecule has 0 saturated carbocycles. The molecule has 0 aromatic heterocycles. The van der Waals surface area contributed by atoms with Crippen LogP contribution in [-0.2, 0) is 15.7 Å². The zero-order chi connectivity index (χ0) is 36.6. The molecule has 0 bridgehead atoms. The monoisotopic (exact) mass is 840 g/mol. The molecule has 0 aliphatic heterocycles. The van der Waals surface area contributed by atoms with Crippen LogP contribution in [0.25, 0.3) is 0 Å². The van der Waals surface area contributed by atoms with Crippen LogP contribution in [0.1, 0.15) is 183 Å². The van der Waals surface area contributed by atoms with Gasteiger partial charge in [-0.05, 0) is 0 Å². The second kappa shape index (κ2) is 34.1. The summed E-state index contributed by atoms with van der Waals surface area (Å²) in [6, 6.07) is 0. The first-order valence-corrected chi connectivity index (χ1v) is 29.2. The molecule has 49 heavy (non-hydrogen) atoms. The molecule has 0 saturated heterocycles. The van der Waals surface area contributed by atoms with Crippen molar-refractivity contribution >= 4 is 54.7 Å². The molecule has 0 spiro atoms. The van der Waals surface area contributed by atoms with E-state index < -0.39 is 43.4 Å². The van der Waals surface area contributed by atoms with Crippen molar-refractivity contribution in [2.75, 3.05) is 23.0 Å². The number of carbonyl (C=O) groups is 2. The molecular weight excluding hydrogens is 759 g/mol. The number of hydrogen-bond donors (Lipinski definition) is 2. The fourth-order valence-corrected chi connectivity index (χ4v) is 17.3. The molecule has 0 rings (SSSR count). The Kier molecular flexibility index (Phi) is 34.4. The summed E-state index contributed by atoms with van der Waals surface area (Å²) in [5, 5.41) is 21.7. The Morgan fingerprint density at radius 1 is 0.490 bits per heavy atom. The summed E-state index contributed by atoms with van der Waals surface area (Å²) < 4.78 is 13.7. The molecule has 0 radical (unpaired) electrons. The molecule has 0 aromatic rings. The van der Waals surface area contributed by atoms with Gasteiger partial charge in [-0.2, -0.15) is 0 Å². The maximum absolute atomic E-state index is 13.4. The van der Waals surface area contributed by atoms with Gasteiger partial charge in [0.1, 0.15) is 0 Å². The van der Waals surface area contributed by atoms with Crippen molar-refractivity contribution in [1.29, 1.82) is 0 Å². The Morgan fingerprint density at radius 3 is 1.20 bits per heavy atom. The molecule has 2 unspecified atom stereocenters. The van der Waals surface area contributed by atoms with Gasteiger partial charge in [0.15, 0.2) is 0 Å². The Balaban J connectivity index is 5.34. The van der Waals surface area contributed by atoms with Crippen LogP contribution in [-0.4, -0.2) is 76.6 Å². The maximum atomic E-state index is 13.4. The molecule has 2 atom stereocenters. The zero-order valence-corrected chi connectivity index (χ0v) is 37.4. The molecule has 0 aliphatic carbocycles. The van der Waals surface area contributed by atoms with E-state index in [9.17, 15) is 19.8 Å². The molecule has 0 amide bonds. The summed E-state index contributed by atoms with van der Waals surface area (Å²) in [6.45, 7) is 13.4. The van der Waals surface area contributed by atoms with Crippen LogP contribution < -0.4 is 0 Å². The first kappa shape index (κ1) is 49.4. The quantitative estimate of drug-likeness (QED) is 0.0476. The van der Waals surface area contributed by atoms with Gasteiger partial charge < -0.3 is 0 Å². The normalized spacial score (nSPS) is 13.3. The number of hydrogen-bond acceptors (Lipinski definition) is 8. The fourth-order valence-electron chi connectivity index (χ4n) is 5.90. The minimum atomic E-state index is -4.35. The molecular formula is C40H80O6S2Sn. The molecule has 0 aliphatic rings. The molecule has 0 aromatic carbocycles. The summed E-state index contributed by atoms with van der Waals surface area (Å²) in [4.78, 5) is 26.8. The number of aliphatic hydroxyl groups excluding tert-OH is 2. The predicted molar refractivity (Wildman–Crippen MR) is 217 cm³/mol. The Morgan fingerprint density at radius 2 is 0.837 bits per heavy atom. The number of carbonyl (C=O) groups excluding carboxylic acids is 2. The minimum Gasteiger partial charge on any atom is -0.0628 e. The number of rotatable bonds is 36. The van der Waals surface area contributed by atoms with E-state index in [2.05, 4.69) is 41.5 Å². The Bertz CT molecular complexity index is 707. The average Bonchev–Trinajstić information content (AvgIpc) is 3.06. The molecule has 0 fully saturated rings. The summed E-state index contributed by atoms with van der Waals surface area (Å²) in [5.41, 5.74) is 0. The smallest absolute Gasteiger partial charge is 0.0628 e. The zero-order valence-electron chi connectivity index (χ0n) is 33.0. The van der Waals surface area contributed by atoms with Gasteiger partial charge in [-0.3, -0.25) is 0 Å². The SMILES string of the molecule is CCCCCCC[CH2][Sn]([CH2]CCCCCCC)([O]C(=O)C(O)CCSCCCCCC(C)C)[O]C(=O)C(O)CCSCCCCCC(C)C. The summed E-state index contributed by atoms with van der Waals surface area (Å²) >= 11 is -0.792. The van der Waals surface area contributed by atoms with E-state index in [1.54, 1.807) is 23.5 Å². The number of unbranched alkanes of at least 4 members (excludes halogenated alkanes) is 14. The van der Waals surface area contributed by atoms with Crippen LogP contribution in [0.2, 0.25) is 8.87 Å². The second-order valence-electron chi connectivity index (χ2n) is 15.1. The van der Waals surface area contributed by atoms with Gasteiger partial charge in [0.25, 0.3) is 0 Å². The van der Waals surface area contributed by atoms with Crippen molar-refractivity contribution in [2.45, 2.75) is 204 Å². The van der Waals surface area contributed by atoms with Crippen LogP contribution in [0.4, 0.5) is 0 Å². The van der Waals surface area contributed by atoms with Crippen LogP contribution in [0.5, 0.6) is 0 Å². The van der Waals surface area contributed by atoms with Gasteiger partial charge in [0.05, 0.1) is 0 Å². The number of aliphatic hydroxyl groups is 2. The van der Waals surface area contributed by atoms with E-state index >= 15 is 0 Å². The van der Waals surface area contributed by atoms with Gasteiger partial charge in [0, 0.05) is 0 Å². The average molecular weight is 840 g/mol. The van der Waals surface area contributed by atoms with E-state index in [-0.39, 0.29) is 0 Å². The van der Waals surface area contributed by atoms with Crippen molar-refractivity contribution < 1.29 is 26.0 Å². The summed E-state index contributed by atoms with van der Waals surface area (Å²) in [7, 11) is 0. The first-order valence-electron chi connectivity index (χ1n) is 20.5. The van der Waals surface area contributed by atoms with Crippen molar-refractivity contribution in [3.63, 3.8) is 0 Å². The van der Waals surface area contributed by atoms with E-state index in [0.29, 0.717) is 33.2 Å². The molecule has 6 nitrogen and oxygen atoms in total. The standard InChI is InChI=1S/2C12H24O3S.2C8H17.Sn/c2*1-10(2)6-4-3-5-8-16-9-7-11(13)12(14)15;2*1-3-5-7-8-6-4-2;/h2*10-11,13H,3-9H2,1-2H3,(H,14,15);2*1,3-8H2,2H3;/q;;;;+2/p-2. The third-order valence-electron chi connectivity index (χ3n) is 9.15. The Labute approximate surface area is 317 Å². The molecule has 9 heteroatoms. The summed E-state index contributed by atoms with van der Waals surface area (Å²) in [6.07, 6.45) is 21.1. The van der Waals surface area contributed by atoms with Gasteiger partial charge in [0.2, 0.25) is 0 Å². The molecule has 0 heterocycles. The number of thioether (sulfide) groups is 2. The van der Waals surface area contributed by atoms with E-state index in [1.165, 1.54) is 77.0 Å². The van der Waals surface area contributed by atoms with E-state index in [1.807, 2.05) is 0 Å². The summed E-state index contributed by atoms with van der Waals surface area (Å²) in [5.74, 6) is 3.71. The fraction of sp³-hybridized carbons (Fsp3) is 0.950. The first-order chi connectivity index (χ1) is 23.6. The second-order valence-corrected chi connectivity index (χ2v) is 26.8. The topological polar surface area (TPSA) is 93.1 Å². The third-order valence-corrected chi connectivity index (χ3v) is 21.0. The van der Waals surface area contributed by atoms with Crippen molar-refractivity contribution in [1.82, 2.24) is 0 Å². The van der Waals surface area contributed by atoms with Gasteiger partial charge in [-0.1, -0.05) is 27.7 Å². The van der Waals surface area contributed by atoms with Gasteiger partial charge in [-0.15, -0.1) is 0 Å². The van der Waals surface area contributed by atoms with Crippen molar-refractivity contribution in [3.8, 4) is 0 Å². The van der Waals surface area contributed by atoms with Crippen molar-refractivity contribution in [2.24, 2.45) is 11.8 Å². The van der Waals surface area contributed by atoms with Crippen LogP contribution in [0, 0.1) is 11.8 Å². The minimum absolute atomic E-state index is 0.344. The van der Waals surface area contributed by atoms with Crippen LogP contribution >= 0.6 is 23.5 Å². The molecule has 292 valence electrons. The Hall–Kier alpha value is 0.359. The van der Waals surface area contributed by atoms with E-state index in [0.717, 1.165) is 74.7 Å². The van der Waals surface area contributed by atoms with Gasteiger partial charge in [-0.25, -0.2) is 0 Å². The van der Waals surface area contributed by atoms with Gasteiger partial charge >= 0.3 is 292 Å². The van der Waals surface area contributed by atoms with E-state index in [4.69, 9.17) is 6.15 Å². The third kappa shape index (κ3) is 30.5. The van der Waals surface area contributed by atoms with Crippen molar-refractivity contribution in [3.05, 3.63) is 0 Å². The predicted octanol–water partition coefficient (Wildman–Crippen LogP) is 11.6. The van der Waals surface area contributed by atoms with Crippen LogP contribution in [0.3, 0.4) is 0 Å².